The van der Waals surface area contributed by atoms with Crippen LogP contribution >= 0.6 is 23.4 Å². The molecule has 2 unspecified atom stereocenters. The Bertz CT molecular complexity index is 403. The first-order chi connectivity index (χ1) is 8.74. The van der Waals surface area contributed by atoms with E-state index in [9.17, 15) is 5.11 Å². The molecule has 2 rings (SSSR count). The maximum Gasteiger partial charge on any atom is 0.0638 e. The number of aliphatic hydroxyl groups is 1. The number of aliphatic hydroxyl groups excluding tert-OH is 1. The van der Waals surface area contributed by atoms with E-state index in [2.05, 4.69) is 11.4 Å². The Hall–Kier alpha value is -0.260. The summed E-state index contributed by atoms with van der Waals surface area (Å²) in [7, 11) is 1.64. The van der Waals surface area contributed by atoms with Crippen LogP contribution in [0.5, 0.6) is 0 Å². The van der Waals surface area contributed by atoms with Crippen molar-refractivity contribution in [2.45, 2.75) is 23.4 Å². The maximum absolute atomic E-state index is 9.32. The molecule has 2 atom stereocenters. The lowest BCUT2D eigenvalue weighted by Crippen LogP contribution is -2.40. The highest BCUT2D eigenvalue weighted by molar-refractivity contribution is 7.99. The molecule has 1 heterocycles. The van der Waals surface area contributed by atoms with Crippen LogP contribution in [-0.4, -0.2) is 37.2 Å². The Morgan fingerprint density at radius 2 is 2.44 bits per heavy atom. The number of methoxy groups -OCH3 is 1. The van der Waals surface area contributed by atoms with Crippen molar-refractivity contribution >= 4 is 23.4 Å². The highest BCUT2D eigenvalue weighted by atomic mass is 35.5. The van der Waals surface area contributed by atoms with Crippen LogP contribution in [0.2, 0.25) is 5.02 Å². The number of thioether (sulfide) groups is 1. The molecule has 0 amide bonds. The lowest BCUT2D eigenvalue weighted by molar-refractivity contribution is 0.121. The van der Waals surface area contributed by atoms with E-state index in [-0.39, 0.29) is 18.7 Å². The molecule has 1 aromatic carbocycles. The normalized spacial score (nSPS) is 20.5. The number of fused-ring (bicyclic) bond motifs is 1. The summed E-state index contributed by atoms with van der Waals surface area (Å²) in [6.07, 6.45) is 1.04. The molecule has 3 nitrogen and oxygen atoms in total. The molecule has 0 fully saturated rings. The van der Waals surface area contributed by atoms with Gasteiger partial charge in [0.05, 0.1) is 19.3 Å². The monoisotopic (exact) mass is 287 g/mol. The van der Waals surface area contributed by atoms with Gasteiger partial charge in [-0.25, -0.2) is 0 Å². The van der Waals surface area contributed by atoms with E-state index >= 15 is 0 Å². The van der Waals surface area contributed by atoms with E-state index in [0.717, 1.165) is 17.2 Å². The summed E-state index contributed by atoms with van der Waals surface area (Å²) in [5, 5.41) is 13.5. The summed E-state index contributed by atoms with van der Waals surface area (Å²) < 4.78 is 5.09. The lowest BCUT2D eigenvalue weighted by Gasteiger charge is -2.29. The number of hydrogen-bond acceptors (Lipinski definition) is 4. The van der Waals surface area contributed by atoms with Gasteiger partial charge >= 0.3 is 0 Å². The van der Waals surface area contributed by atoms with Crippen LogP contribution in [-0.2, 0) is 4.74 Å². The van der Waals surface area contributed by atoms with Crippen molar-refractivity contribution in [2.75, 3.05) is 26.1 Å². The average Bonchev–Trinajstić information content (AvgIpc) is 2.38. The molecule has 0 aliphatic carbocycles. The molecule has 100 valence electrons. The molecule has 0 saturated carbocycles. The van der Waals surface area contributed by atoms with Gasteiger partial charge in [0.15, 0.2) is 0 Å². The molecule has 18 heavy (non-hydrogen) atoms. The third kappa shape index (κ3) is 3.39. The van der Waals surface area contributed by atoms with Gasteiger partial charge in [-0.2, -0.15) is 0 Å². The van der Waals surface area contributed by atoms with Gasteiger partial charge in [-0.05, 0) is 35.9 Å². The number of nitrogens with one attached hydrogen (secondary N) is 1. The fraction of sp³-hybridized carbons (Fsp3) is 0.538. The lowest BCUT2D eigenvalue weighted by atomic mass is 10.0. The second kappa shape index (κ2) is 6.78. The zero-order valence-electron chi connectivity index (χ0n) is 10.4. The number of halogens is 1. The first-order valence-electron chi connectivity index (χ1n) is 6.02. The molecule has 1 aliphatic rings. The van der Waals surface area contributed by atoms with Crippen LogP contribution in [0.4, 0.5) is 0 Å². The Kier molecular flexibility index (Phi) is 5.33. The van der Waals surface area contributed by atoms with Crippen LogP contribution < -0.4 is 5.32 Å². The smallest absolute Gasteiger partial charge is 0.0638 e. The average molecular weight is 288 g/mol. The van der Waals surface area contributed by atoms with E-state index in [0.29, 0.717) is 6.61 Å². The standard InChI is InChI=1S/C13H18ClNO2S/c1-17-8-10(7-16)15-12-4-5-18-13-3-2-9(14)6-11(12)13/h2-3,6,10,12,15-16H,4-5,7-8H2,1H3. The first-order valence-corrected chi connectivity index (χ1v) is 7.39. The topological polar surface area (TPSA) is 41.5 Å². The van der Waals surface area contributed by atoms with Crippen molar-refractivity contribution in [3.05, 3.63) is 28.8 Å². The predicted molar refractivity (Wildman–Crippen MR) is 75.4 cm³/mol. The van der Waals surface area contributed by atoms with E-state index < -0.39 is 0 Å². The minimum atomic E-state index is -0.0325. The molecule has 2 N–H and O–H groups in total. The van der Waals surface area contributed by atoms with Crippen molar-refractivity contribution in [1.29, 1.82) is 0 Å². The Balaban J connectivity index is 2.13. The minimum Gasteiger partial charge on any atom is -0.395 e. The van der Waals surface area contributed by atoms with Crippen LogP contribution in [0, 0.1) is 0 Å². The van der Waals surface area contributed by atoms with Crippen LogP contribution in [0.15, 0.2) is 23.1 Å². The van der Waals surface area contributed by atoms with Gasteiger partial charge in [-0.3, -0.25) is 0 Å². The van der Waals surface area contributed by atoms with Gasteiger partial charge in [-0.15, -0.1) is 11.8 Å². The number of hydrogen-bond donors (Lipinski definition) is 2. The summed E-state index contributed by atoms with van der Waals surface area (Å²) in [5.74, 6) is 1.08. The Labute approximate surface area is 117 Å². The molecule has 5 heteroatoms. The van der Waals surface area contributed by atoms with Crippen molar-refractivity contribution in [3.8, 4) is 0 Å². The van der Waals surface area contributed by atoms with Gasteiger partial charge < -0.3 is 15.2 Å². The molecule has 0 spiro atoms. The maximum atomic E-state index is 9.32. The minimum absolute atomic E-state index is 0.0325. The fourth-order valence-corrected chi connectivity index (χ4v) is 3.46. The molecule has 0 saturated heterocycles. The molecule has 0 bridgehead atoms. The Morgan fingerprint density at radius 1 is 1.61 bits per heavy atom. The van der Waals surface area contributed by atoms with Crippen molar-refractivity contribution < 1.29 is 9.84 Å². The molecule has 1 aromatic rings. The van der Waals surface area contributed by atoms with Gasteiger partial charge in [0.1, 0.15) is 0 Å². The summed E-state index contributed by atoms with van der Waals surface area (Å²) in [5.41, 5.74) is 1.23. The summed E-state index contributed by atoms with van der Waals surface area (Å²) in [6, 6.07) is 6.22. The van der Waals surface area contributed by atoms with E-state index in [4.69, 9.17) is 16.3 Å². The third-order valence-corrected chi connectivity index (χ3v) is 4.39. The molecular formula is C13H18ClNO2S. The van der Waals surface area contributed by atoms with Crippen molar-refractivity contribution in [1.82, 2.24) is 5.32 Å². The Morgan fingerprint density at radius 3 is 3.17 bits per heavy atom. The highest BCUT2D eigenvalue weighted by Gasteiger charge is 2.23. The van der Waals surface area contributed by atoms with Gasteiger partial charge in [0.2, 0.25) is 0 Å². The van der Waals surface area contributed by atoms with Crippen molar-refractivity contribution in [2.24, 2.45) is 0 Å². The zero-order valence-corrected chi connectivity index (χ0v) is 11.9. The summed E-state index contributed by atoms with van der Waals surface area (Å²) in [6.45, 7) is 0.587. The number of ether oxygens (including phenoxy) is 1. The molecule has 0 aromatic heterocycles. The van der Waals surface area contributed by atoms with Crippen LogP contribution in [0.25, 0.3) is 0 Å². The molecule has 1 aliphatic heterocycles. The van der Waals surface area contributed by atoms with Crippen LogP contribution in [0.3, 0.4) is 0 Å². The van der Waals surface area contributed by atoms with Crippen LogP contribution in [0.1, 0.15) is 18.0 Å². The van der Waals surface area contributed by atoms with Gasteiger partial charge in [0.25, 0.3) is 0 Å². The summed E-state index contributed by atoms with van der Waals surface area (Å²) in [4.78, 5) is 1.28. The number of benzene rings is 1. The fourth-order valence-electron chi connectivity index (χ4n) is 2.18. The van der Waals surface area contributed by atoms with E-state index in [1.807, 2.05) is 23.9 Å². The number of rotatable bonds is 5. The highest BCUT2D eigenvalue weighted by Crippen LogP contribution is 2.37. The zero-order chi connectivity index (χ0) is 13.0. The summed E-state index contributed by atoms with van der Waals surface area (Å²) >= 11 is 7.92. The SMILES string of the molecule is COCC(CO)NC1CCSc2ccc(Cl)cc21. The third-order valence-electron chi connectivity index (χ3n) is 3.04. The second-order valence-corrected chi connectivity index (χ2v) is 5.95. The molecule has 0 radical (unpaired) electrons. The first kappa shape index (κ1) is 14.2. The predicted octanol–water partition coefficient (Wildman–Crippen LogP) is 2.47. The van der Waals surface area contributed by atoms with Gasteiger partial charge in [-0.1, -0.05) is 11.6 Å². The second-order valence-electron chi connectivity index (χ2n) is 4.37. The largest absolute Gasteiger partial charge is 0.395 e. The molecular weight excluding hydrogens is 270 g/mol. The van der Waals surface area contributed by atoms with Crippen molar-refractivity contribution in [3.63, 3.8) is 0 Å². The van der Waals surface area contributed by atoms with E-state index in [1.54, 1.807) is 7.11 Å². The van der Waals surface area contributed by atoms with E-state index in [1.165, 1.54) is 10.5 Å². The quantitative estimate of drug-likeness (QED) is 0.873. The van der Waals surface area contributed by atoms with Gasteiger partial charge in [0, 0.05) is 23.1 Å².